The number of unbranched alkanes of at least 4 members (excludes halogenated alkanes) is 1. The van der Waals surface area contributed by atoms with E-state index >= 15 is 0 Å². The van der Waals surface area contributed by atoms with Crippen LogP contribution in [0.4, 0.5) is 0 Å². The molecule has 1 N–H and O–H groups in total. The minimum atomic E-state index is -0.750. The average molecular weight is 354 g/mol. The number of aryl methyl sites for hydroxylation is 2. The van der Waals surface area contributed by atoms with Crippen LogP contribution in [0.3, 0.4) is 0 Å². The van der Waals surface area contributed by atoms with E-state index in [1.165, 1.54) is 0 Å². The molecule has 0 aliphatic carbocycles. The van der Waals surface area contributed by atoms with Gasteiger partial charge in [-0.1, -0.05) is 36.4 Å². The molecule has 0 saturated carbocycles. The predicted molar refractivity (Wildman–Crippen MR) is 93.3 cm³/mol. The zero-order valence-electron chi connectivity index (χ0n) is 13.3. The smallest absolute Gasteiger partial charge is 0.303 e. The van der Waals surface area contributed by atoms with Crippen molar-refractivity contribution in [3.05, 3.63) is 34.5 Å². The van der Waals surface area contributed by atoms with Gasteiger partial charge in [-0.05, 0) is 43.9 Å². The van der Waals surface area contributed by atoms with Gasteiger partial charge in [-0.3, -0.25) is 4.79 Å². The summed E-state index contributed by atoms with van der Waals surface area (Å²) < 4.78 is 5.89. The monoisotopic (exact) mass is 353 g/mol. The van der Waals surface area contributed by atoms with E-state index in [1.807, 2.05) is 32.0 Å². The minimum absolute atomic E-state index is 0.210. The predicted octanol–water partition coefficient (Wildman–Crippen LogP) is 5.21. The molecule has 0 radical (unpaired) electrons. The number of hydrogen-bond acceptors (Lipinski definition) is 4. The van der Waals surface area contributed by atoms with Gasteiger partial charge in [0, 0.05) is 12.2 Å². The first kappa shape index (κ1) is 17.9. The molecule has 1 heterocycles. The van der Waals surface area contributed by atoms with Gasteiger partial charge < -0.3 is 9.52 Å². The van der Waals surface area contributed by atoms with E-state index in [-0.39, 0.29) is 6.42 Å². The molecule has 1 aromatic heterocycles. The van der Waals surface area contributed by atoms with E-state index < -0.39 is 5.97 Å². The number of oxazole rings is 1. The number of carbonyl (C=O) groups is 1. The van der Waals surface area contributed by atoms with Crippen molar-refractivity contribution in [2.75, 3.05) is 5.75 Å². The van der Waals surface area contributed by atoms with Crippen LogP contribution in [0.15, 0.2) is 27.7 Å². The highest BCUT2D eigenvalue weighted by molar-refractivity contribution is 7.99. The first-order valence-electron chi connectivity index (χ1n) is 7.62. The van der Waals surface area contributed by atoms with Gasteiger partial charge in [-0.25, -0.2) is 4.98 Å². The number of carboxylic acid groups (broad SMARTS) is 1. The molecule has 23 heavy (non-hydrogen) atoms. The quantitative estimate of drug-likeness (QED) is 0.521. The maximum absolute atomic E-state index is 10.5. The van der Waals surface area contributed by atoms with Gasteiger partial charge in [0.15, 0.2) is 5.09 Å². The molecule has 0 bridgehead atoms. The molecule has 0 amide bonds. The van der Waals surface area contributed by atoms with E-state index in [0.29, 0.717) is 17.3 Å². The molecule has 0 spiro atoms. The molecule has 0 atom stereocenters. The molecule has 2 aromatic rings. The van der Waals surface area contributed by atoms with Gasteiger partial charge >= 0.3 is 5.97 Å². The largest absolute Gasteiger partial charge is 0.481 e. The molecule has 2 rings (SSSR count). The second-order valence-electron chi connectivity index (χ2n) is 5.29. The zero-order valence-corrected chi connectivity index (χ0v) is 14.8. The van der Waals surface area contributed by atoms with Crippen molar-refractivity contribution in [2.45, 2.75) is 44.6 Å². The number of carboxylic acids is 1. The maximum atomic E-state index is 10.5. The van der Waals surface area contributed by atoms with Crippen LogP contribution in [0.1, 0.15) is 37.4 Å². The maximum Gasteiger partial charge on any atom is 0.303 e. The fraction of sp³-hybridized carbons (Fsp3) is 0.412. The molecular formula is C17H20ClNO3S. The lowest BCUT2D eigenvalue weighted by atomic mass is 10.1. The van der Waals surface area contributed by atoms with Crippen LogP contribution in [-0.4, -0.2) is 21.8 Å². The zero-order chi connectivity index (χ0) is 16.8. The Kier molecular flexibility index (Phi) is 6.54. The lowest BCUT2D eigenvalue weighted by Crippen LogP contribution is -1.94. The summed E-state index contributed by atoms with van der Waals surface area (Å²) in [5.74, 6) is 0.608. The van der Waals surface area contributed by atoms with Crippen LogP contribution in [0.25, 0.3) is 11.5 Å². The summed E-state index contributed by atoms with van der Waals surface area (Å²) in [7, 11) is 0. The second-order valence-corrected chi connectivity index (χ2v) is 6.76. The first-order chi connectivity index (χ1) is 11.0. The van der Waals surface area contributed by atoms with Gasteiger partial charge in [0.25, 0.3) is 0 Å². The van der Waals surface area contributed by atoms with Crippen molar-refractivity contribution in [1.82, 2.24) is 4.98 Å². The Morgan fingerprint density at radius 2 is 2.17 bits per heavy atom. The summed E-state index contributed by atoms with van der Waals surface area (Å²) in [5, 5.41) is 10.1. The van der Waals surface area contributed by atoms with Crippen molar-refractivity contribution in [3.8, 4) is 11.5 Å². The van der Waals surface area contributed by atoms with Gasteiger partial charge in [-0.2, -0.15) is 0 Å². The Morgan fingerprint density at radius 1 is 1.39 bits per heavy atom. The van der Waals surface area contributed by atoms with Crippen LogP contribution < -0.4 is 0 Å². The first-order valence-corrected chi connectivity index (χ1v) is 8.98. The van der Waals surface area contributed by atoms with Crippen LogP contribution >= 0.6 is 23.4 Å². The number of nitrogens with zero attached hydrogens (tertiary/aromatic N) is 1. The molecule has 1 aromatic carbocycles. The third-order valence-electron chi connectivity index (χ3n) is 3.37. The summed E-state index contributed by atoms with van der Waals surface area (Å²) in [6, 6.07) is 5.80. The number of thioether (sulfide) groups is 1. The standard InChI is InChI=1S/C17H20ClNO3S/c1-3-14-17(23-9-5-4-6-15(20)21)22-16(19-14)12-8-7-11(2)10-13(12)18/h7-8,10H,3-6,9H2,1-2H3,(H,20,21). The highest BCUT2D eigenvalue weighted by Gasteiger charge is 2.16. The number of rotatable bonds is 8. The summed E-state index contributed by atoms with van der Waals surface area (Å²) in [4.78, 5) is 15.1. The van der Waals surface area contributed by atoms with Gasteiger partial charge in [-0.15, -0.1) is 0 Å². The van der Waals surface area contributed by atoms with Gasteiger partial charge in [0.1, 0.15) is 0 Å². The Bertz CT molecular complexity index is 684. The van der Waals surface area contributed by atoms with Crippen molar-refractivity contribution in [1.29, 1.82) is 0 Å². The van der Waals surface area contributed by atoms with E-state index in [2.05, 4.69) is 4.98 Å². The average Bonchev–Trinajstić information content (AvgIpc) is 2.89. The number of aromatic nitrogens is 1. The number of hydrogen-bond donors (Lipinski definition) is 1. The fourth-order valence-electron chi connectivity index (χ4n) is 2.13. The molecular weight excluding hydrogens is 334 g/mol. The molecule has 4 nitrogen and oxygen atoms in total. The molecule has 0 unspecified atom stereocenters. The topological polar surface area (TPSA) is 63.3 Å². The third kappa shape index (κ3) is 5.01. The molecule has 0 aliphatic rings. The van der Waals surface area contributed by atoms with E-state index in [1.54, 1.807) is 11.8 Å². The van der Waals surface area contributed by atoms with Crippen LogP contribution in [0.5, 0.6) is 0 Å². The third-order valence-corrected chi connectivity index (χ3v) is 4.76. The minimum Gasteiger partial charge on any atom is -0.481 e. The molecule has 0 fully saturated rings. The Labute approximate surface area is 145 Å². The van der Waals surface area contributed by atoms with Crippen LogP contribution in [-0.2, 0) is 11.2 Å². The normalized spacial score (nSPS) is 10.9. The number of aliphatic carboxylic acids is 1. The lowest BCUT2D eigenvalue weighted by Gasteiger charge is -2.01. The van der Waals surface area contributed by atoms with E-state index in [9.17, 15) is 4.79 Å². The van der Waals surface area contributed by atoms with Crippen molar-refractivity contribution >= 4 is 29.3 Å². The van der Waals surface area contributed by atoms with Crippen LogP contribution in [0, 0.1) is 6.92 Å². The molecule has 0 saturated heterocycles. The van der Waals surface area contributed by atoms with Crippen molar-refractivity contribution in [3.63, 3.8) is 0 Å². The van der Waals surface area contributed by atoms with Gasteiger partial charge in [0.05, 0.1) is 16.3 Å². The summed E-state index contributed by atoms with van der Waals surface area (Å²) >= 11 is 7.86. The Balaban J connectivity index is 2.06. The van der Waals surface area contributed by atoms with E-state index in [4.69, 9.17) is 21.1 Å². The van der Waals surface area contributed by atoms with Crippen LogP contribution in [0.2, 0.25) is 5.02 Å². The van der Waals surface area contributed by atoms with Crippen molar-refractivity contribution in [2.24, 2.45) is 0 Å². The second kappa shape index (κ2) is 8.41. The molecule has 6 heteroatoms. The SMILES string of the molecule is CCc1nc(-c2ccc(C)cc2Cl)oc1SCCCCC(=O)O. The highest BCUT2D eigenvalue weighted by atomic mass is 35.5. The molecule has 0 aliphatic heterocycles. The molecule has 124 valence electrons. The van der Waals surface area contributed by atoms with Gasteiger partial charge in [0.2, 0.25) is 5.89 Å². The summed E-state index contributed by atoms with van der Waals surface area (Å²) in [6.45, 7) is 4.02. The Hall–Kier alpha value is -1.46. The highest BCUT2D eigenvalue weighted by Crippen LogP contribution is 2.33. The summed E-state index contributed by atoms with van der Waals surface area (Å²) in [6.07, 6.45) is 2.50. The fourth-order valence-corrected chi connectivity index (χ4v) is 3.47. The van der Waals surface area contributed by atoms with Crippen molar-refractivity contribution < 1.29 is 14.3 Å². The number of halogens is 1. The Morgan fingerprint density at radius 3 is 2.83 bits per heavy atom. The summed E-state index contributed by atoms with van der Waals surface area (Å²) in [5.41, 5.74) is 2.80. The van der Waals surface area contributed by atoms with E-state index in [0.717, 1.165) is 40.5 Å². The number of benzene rings is 1. The lowest BCUT2D eigenvalue weighted by molar-refractivity contribution is -0.137.